The molecule has 1 saturated heterocycles. The van der Waals surface area contributed by atoms with E-state index in [2.05, 4.69) is 9.98 Å². The van der Waals surface area contributed by atoms with Gasteiger partial charge in [-0.3, -0.25) is 14.6 Å². The van der Waals surface area contributed by atoms with Crippen molar-refractivity contribution in [3.8, 4) is 0 Å². The van der Waals surface area contributed by atoms with E-state index in [1.165, 1.54) is 12.4 Å². The zero-order valence-corrected chi connectivity index (χ0v) is 15.2. The fraction of sp³-hybridized carbons (Fsp3) is 0.263. The lowest BCUT2D eigenvalue weighted by Crippen LogP contribution is -2.46. The lowest BCUT2D eigenvalue weighted by Gasteiger charge is -2.30. The zero-order chi connectivity index (χ0) is 19.0. The molecule has 138 valence electrons. The Balaban J connectivity index is 1.72. The molecule has 2 amide bonds. The Morgan fingerprint density at radius 2 is 1.89 bits per heavy atom. The maximum absolute atomic E-state index is 13.1. The van der Waals surface area contributed by atoms with Gasteiger partial charge in [-0.05, 0) is 30.2 Å². The summed E-state index contributed by atoms with van der Waals surface area (Å²) in [6, 6.07) is 11.5. The van der Waals surface area contributed by atoms with Crippen LogP contribution in [0, 0.1) is 0 Å². The van der Waals surface area contributed by atoms with Crippen molar-refractivity contribution in [2.24, 2.45) is 4.99 Å². The van der Waals surface area contributed by atoms with Crippen LogP contribution in [0.1, 0.15) is 28.3 Å². The number of rotatable bonds is 3. The Morgan fingerprint density at radius 1 is 1.11 bits per heavy atom. The first-order valence-electron chi connectivity index (χ1n) is 8.58. The standard InChI is InChI=1S/C19H17N3O4S/c23-18-15-6-2-1-5-14(15)16(11-21-13-8-10-27(25,26)12-13)19(24)22(18)17-7-3-4-9-20-17/h1-7,9,11,13,16H,8,10,12H2/t13-,16+/m1/s1. The highest BCUT2D eigenvalue weighted by Gasteiger charge is 2.39. The van der Waals surface area contributed by atoms with Gasteiger partial charge >= 0.3 is 0 Å². The van der Waals surface area contributed by atoms with Crippen LogP contribution in [0.3, 0.4) is 0 Å². The number of anilines is 1. The third-order valence-electron chi connectivity index (χ3n) is 4.75. The highest BCUT2D eigenvalue weighted by atomic mass is 32.2. The summed E-state index contributed by atoms with van der Waals surface area (Å²) in [6.07, 6.45) is 3.45. The average molecular weight is 383 g/mol. The molecular formula is C19H17N3O4S. The van der Waals surface area contributed by atoms with Gasteiger partial charge in [0.25, 0.3) is 5.91 Å². The first-order valence-corrected chi connectivity index (χ1v) is 10.4. The van der Waals surface area contributed by atoms with Gasteiger partial charge in [0.2, 0.25) is 5.91 Å². The molecular weight excluding hydrogens is 366 g/mol. The second-order valence-corrected chi connectivity index (χ2v) is 8.82. The molecule has 4 rings (SSSR count). The Morgan fingerprint density at radius 3 is 2.59 bits per heavy atom. The van der Waals surface area contributed by atoms with Gasteiger partial charge in [-0.15, -0.1) is 0 Å². The second kappa shape index (κ2) is 6.70. The molecule has 0 aliphatic carbocycles. The largest absolute Gasteiger partial charge is 0.292 e. The molecule has 0 saturated carbocycles. The molecule has 0 radical (unpaired) electrons. The fourth-order valence-corrected chi connectivity index (χ4v) is 5.04. The topological polar surface area (TPSA) is 96.8 Å². The molecule has 8 heteroatoms. The van der Waals surface area contributed by atoms with E-state index in [9.17, 15) is 18.0 Å². The first kappa shape index (κ1) is 17.5. The van der Waals surface area contributed by atoms with Crippen molar-refractivity contribution in [2.45, 2.75) is 18.4 Å². The van der Waals surface area contributed by atoms with E-state index < -0.39 is 27.6 Å². The predicted molar refractivity (Wildman–Crippen MR) is 101 cm³/mol. The third-order valence-corrected chi connectivity index (χ3v) is 6.50. The van der Waals surface area contributed by atoms with Crippen molar-refractivity contribution < 1.29 is 18.0 Å². The Kier molecular flexibility index (Phi) is 4.35. The van der Waals surface area contributed by atoms with E-state index in [-0.39, 0.29) is 23.4 Å². The summed E-state index contributed by atoms with van der Waals surface area (Å²) in [5.74, 6) is -1.27. The van der Waals surface area contributed by atoms with Gasteiger partial charge in [0.05, 0.1) is 23.5 Å². The molecule has 0 bridgehead atoms. The molecule has 2 atom stereocenters. The summed E-state index contributed by atoms with van der Waals surface area (Å²) in [7, 11) is -3.06. The Labute approximate surface area is 156 Å². The van der Waals surface area contributed by atoms with Crippen LogP contribution in [-0.2, 0) is 14.6 Å². The van der Waals surface area contributed by atoms with E-state index in [0.717, 1.165) is 4.90 Å². The first-order chi connectivity index (χ1) is 13.0. The molecule has 1 aromatic carbocycles. The van der Waals surface area contributed by atoms with Crippen molar-refractivity contribution in [2.75, 3.05) is 16.4 Å². The summed E-state index contributed by atoms with van der Waals surface area (Å²) in [4.78, 5) is 35.5. The maximum atomic E-state index is 13.1. The van der Waals surface area contributed by atoms with Crippen LogP contribution in [0.25, 0.3) is 0 Å². The number of carbonyl (C=O) groups excluding carboxylic acids is 2. The molecule has 2 aliphatic rings. The van der Waals surface area contributed by atoms with E-state index in [4.69, 9.17) is 0 Å². The van der Waals surface area contributed by atoms with Gasteiger partial charge in [-0.25, -0.2) is 18.3 Å². The maximum Gasteiger partial charge on any atom is 0.266 e. The van der Waals surface area contributed by atoms with Crippen molar-refractivity contribution >= 4 is 33.7 Å². The van der Waals surface area contributed by atoms with E-state index in [0.29, 0.717) is 17.5 Å². The molecule has 0 unspecified atom stereocenters. The number of aliphatic imine (C=N–C) groups is 1. The number of benzene rings is 1. The number of aromatic nitrogens is 1. The van der Waals surface area contributed by atoms with Gasteiger partial charge in [-0.2, -0.15) is 0 Å². The van der Waals surface area contributed by atoms with Crippen LogP contribution in [0.5, 0.6) is 0 Å². The summed E-state index contributed by atoms with van der Waals surface area (Å²) >= 11 is 0. The van der Waals surface area contributed by atoms with Crippen LogP contribution < -0.4 is 4.90 Å². The molecule has 3 heterocycles. The minimum absolute atomic E-state index is 0.00502. The number of fused-ring (bicyclic) bond motifs is 1. The van der Waals surface area contributed by atoms with Gasteiger partial charge in [0, 0.05) is 18.0 Å². The molecule has 1 fully saturated rings. The van der Waals surface area contributed by atoms with Crippen LogP contribution in [-0.4, -0.2) is 49.0 Å². The zero-order valence-electron chi connectivity index (χ0n) is 14.4. The number of nitrogens with zero attached hydrogens (tertiary/aromatic N) is 3. The fourth-order valence-electron chi connectivity index (χ4n) is 3.40. The number of carbonyl (C=O) groups is 2. The van der Waals surface area contributed by atoms with Crippen LogP contribution in [0.4, 0.5) is 5.82 Å². The monoisotopic (exact) mass is 383 g/mol. The molecule has 27 heavy (non-hydrogen) atoms. The number of hydrogen-bond acceptors (Lipinski definition) is 6. The summed E-state index contributed by atoms with van der Waals surface area (Å²) in [6.45, 7) is 0. The van der Waals surface area contributed by atoms with Gasteiger partial charge in [0.15, 0.2) is 9.84 Å². The second-order valence-electron chi connectivity index (χ2n) is 6.59. The summed E-state index contributed by atoms with van der Waals surface area (Å²) < 4.78 is 23.3. The van der Waals surface area contributed by atoms with Crippen LogP contribution >= 0.6 is 0 Å². The molecule has 2 aliphatic heterocycles. The molecule has 0 spiro atoms. The highest BCUT2D eigenvalue weighted by molar-refractivity contribution is 7.91. The molecule has 2 aromatic rings. The van der Waals surface area contributed by atoms with E-state index in [1.54, 1.807) is 42.5 Å². The quantitative estimate of drug-likeness (QED) is 0.593. The van der Waals surface area contributed by atoms with E-state index in [1.807, 2.05) is 0 Å². The number of imide groups is 1. The number of sulfone groups is 1. The summed E-state index contributed by atoms with van der Waals surface area (Å²) in [5, 5.41) is 0. The van der Waals surface area contributed by atoms with Crippen molar-refractivity contribution in [1.29, 1.82) is 0 Å². The van der Waals surface area contributed by atoms with Crippen LogP contribution in [0.2, 0.25) is 0 Å². The predicted octanol–water partition coefficient (Wildman–Crippen LogP) is 1.61. The summed E-state index contributed by atoms with van der Waals surface area (Å²) in [5.41, 5.74) is 0.988. The number of pyridine rings is 1. The third kappa shape index (κ3) is 3.28. The van der Waals surface area contributed by atoms with Crippen molar-refractivity contribution in [3.05, 3.63) is 59.8 Å². The Hall–Kier alpha value is -2.87. The minimum Gasteiger partial charge on any atom is -0.292 e. The van der Waals surface area contributed by atoms with Gasteiger partial charge in [-0.1, -0.05) is 24.3 Å². The Bertz CT molecular complexity index is 1030. The number of amides is 2. The molecule has 1 aromatic heterocycles. The average Bonchev–Trinajstić information content (AvgIpc) is 3.01. The minimum atomic E-state index is -3.06. The lowest BCUT2D eigenvalue weighted by atomic mass is 9.89. The highest BCUT2D eigenvalue weighted by Crippen LogP contribution is 2.31. The molecule has 0 N–H and O–H groups in total. The van der Waals surface area contributed by atoms with Gasteiger partial charge < -0.3 is 0 Å². The lowest BCUT2D eigenvalue weighted by molar-refractivity contribution is -0.118. The van der Waals surface area contributed by atoms with Crippen LogP contribution in [0.15, 0.2) is 53.7 Å². The number of hydrogen-bond donors (Lipinski definition) is 0. The SMILES string of the molecule is O=C1c2ccccc2[C@H](C=N[C@@H]2CCS(=O)(=O)C2)C(=O)N1c1ccccn1. The van der Waals surface area contributed by atoms with E-state index >= 15 is 0 Å². The van der Waals surface area contributed by atoms with Crippen molar-refractivity contribution in [3.63, 3.8) is 0 Å². The van der Waals surface area contributed by atoms with Gasteiger partial charge in [0.1, 0.15) is 5.82 Å². The van der Waals surface area contributed by atoms with Crippen molar-refractivity contribution in [1.82, 2.24) is 4.98 Å². The molecule has 7 nitrogen and oxygen atoms in total. The normalized spacial score (nSPS) is 24.4. The smallest absolute Gasteiger partial charge is 0.266 e.